The summed E-state index contributed by atoms with van der Waals surface area (Å²) in [6, 6.07) is 21.1. The molecular formula is C24H30N6. The van der Waals surface area contributed by atoms with Crippen LogP contribution in [0.15, 0.2) is 78.0 Å². The molecule has 1 aliphatic heterocycles. The van der Waals surface area contributed by atoms with E-state index in [2.05, 4.69) is 80.2 Å². The maximum Gasteiger partial charge on any atom is 0.191 e. The third-order valence-corrected chi connectivity index (χ3v) is 5.65. The van der Waals surface area contributed by atoms with Crippen LogP contribution in [0.2, 0.25) is 0 Å². The number of para-hydroxylation sites is 1. The van der Waals surface area contributed by atoms with Crippen molar-refractivity contribution in [3.63, 3.8) is 0 Å². The van der Waals surface area contributed by atoms with Crippen LogP contribution in [-0.2, 0) is 13.1 Å². The minimum Gasteiger partial charge on any atom is -0.371 e. The summed E-state index contributed by atoms with van der Waals surface area (Å²) in [6.07, 6.45) is 5.01. The number of hydrogen-bond acceptors (Lipinski definition) is 3. The number of aromatic nitrogens is 2. The molecule has 0 amide bonds. The van der Waals surface area contributed by atoms with Crippen LogP contribution in [0, 0.1) is 5.92 Å². The molecule has 1 saturated heterocycles. The van der Waals surface area contributed by atoms with E-state index in [9.17, 15) is 0 Å². The summed E-state index contributed by atoms with van der Waals surface area (Å²) in [7, 11) is 1.83. The van der Waals surface area contributed by atoms with Gasteiger partial charge in [0.2, 0.25) is 0 Å². The van der Waals surface area contributed by atoms with Crippen LogP contribution in [-0.4, -0.2) is 42.4 Å². The number of benzene rings is 2. The van der Waals surface area contributed by atoms with Gasteiger partial charge in [-0.05, 0) is 41.7 Å². The molecule has 0 bridgehead atoms. The van der Waals surface area contributed by atoms with Crippen LogP contribution in [0.1, 0.15) is 17.5 Å². The number of nitrogens with zero attached hydrogens (tertiary/aromatic N) is 4. The lowest BCUT2D eigenvalue weighted by molar-refractivity contribution is 0.565. The minimum atomic E-state index is 0.621. The second kappa shape index (κ2) is 9.96. The Morgan fingerprint density at radius 1 is 1.03 bits per heavy atom. The van der Waals surface area contributed by atoms with Gasteiger partial charge in [0, 0.05) is 51.3 Å². The molecule has 2 N–H and O–H groups in total. The molecule has 0 saturated carbocycles. The van der Waals surface area contributed by atoms with Crippen molar-refractivity contribution in [2.45, 2.75) is 19.5 Å². The quantitative estimate of drug-likeness (QED) is 0.471. The Morgan fingerprint density at radius 3 is 2.60 bits per heavy atom. The maximum absolute atomic E-state index is 4.41. The lowest BCUT2D eigenvalue weighted by atomic mass is 10.1. The number of nitrogens with one attached hydrogen (secondary N) is 2. The number of hydrogen-bond donors (Lipinski definition) is 2. The van der Waals surface area contributed by atoms with Crippen molar-refractivity contribution >= 4 is 11.6 Å². The highest BCUT2D eigenvalue weighted by atomic mass is 15.3. The van der Waals surface area contributed by atoms with Gasteiger partial charge < -0.3 is 15.5 Å². The highest BCUT2D eigenvalue weighted by Crippen LogP contribution is 2.22. The smallest absolute Gasteiger partial charge is 0.191 e. The average molecular weight is 403 g/mol. The van der Waals surface area contributed by atoms with Gasteiger partial charge in [0.1, 0.15) is 0 Å². The Labute approximate surface area is 178 Å². The zero-order chi connectivity index (χ0) is 20.6. The van der Waals surface area contributed by atoms with Gasteiger partial charge in [0.15, 0.2) is 5.96 Å². The van der Waals surface area contributed by atoms with Crippen molar-refractivity contribution in [1.29, 1.82) is 0 Å². The molecule has 0 radical (unpaired) electrons. The van der Waals surface area contributed by atoms with E-state index in [0.29, 0.717) is 5.92 Å². The first kappa shape index (κ1) is 20.0. The zero-order valence-electron chi connectivity index (χ0n) is 17.5. The monoisotopic (exact) mass is 402 g/mol. The van der Waals surface area contributed by atoms with Crippen molar-refractivity contribution in [3.8, 4) is 0 Å². The van der Waals surface area contributed by atoms with Crippen LogP contribution in [0.4, 0.5) is 5.69 Å². The largest absolute Gasteiger partial charge is 0.371 e. The topological polar surface area (TPSA) is 57.5 Å². The molecule has 6 nitrogen and oxygen atoms in total. The highest BCUT2D eigenvalue weighted by molar-refractivity contribution is 5.79. The standard InChI is InChI=1S/C24H30N6/c1-25-24(26-16-20-12-15-29(18-20)23-10-3-2-4-11-23)27-17-21-8-5-6-9-22(21)19-30-14-7-13-28-30/h2-11,13-14,20H,12,15-19H2,1H3,(H2,25,26,27). The van der Waals surface area contributed by atoms with Crippen LogP contribution in [0.25, 0.3) is 0 Å². The van der Waals surface area contributed by atoms with E-state index < -0.39 is 0 Å². The summed E-state index contributed by atoms with van der Waals surface area (Å²) in [6.45, 7) is 4.63. The van der Waals surface area contributed by atoms with Gasteiger partial charge in [-0.3, -0.25) is 9.67 Å². The van der Waals surface area contributed by atoms with Gasteiger partial charge in [-0.25, -0.2) is 0 Å². The minimum absolute atomic E-state index is 0.621. The molecule has 0 aliphatic carbocycles. The van der Waals surface area contributed by atoms with Crippen molar-refractivity contribution in [2.24, 2.45) is 10.9 Å². The molecule has 0 spiro atoms. The molecule has 1 aliphatic rings. The summed E-state index contributed by atoms with van der Waals surface area (Å²) in [5.41, 5.74) is 3.84. The lowest BCUT2D eigenvalue weighted by Crippen LogP contribution is -2.40. The molecule has 30 heavy (non-hydrogen) atoms. The Hall–Kier alpha value is -3.28. The van der Waals surface area contributed by atoms with Crippen molar-refractivity contribution < 1.29 is 0 Å². The second-order valence-electron chi connectivity index (χ2n) is 7.72. The van der Waals surface area contributed by atoms with Crippen LogP contribution in [0.3, 0.4) is 0 Å². The van der Waals surface area contributed by atoms with Crippen molar-refractivity contribution in [1.82, 2.24) is 20.4 Å². The van der Waals surface area contributed by atoms with E-state index in [4.69, 9.17) is 0 Å². The van der Waals surface area contributed by atoms with Gasteiger partial charge in [-0.1, -0.05) is 42.5 Å². The molecule has 1 atom stereocenters. The molecule has 4 rings (SSSR count). The first-order valence-electron chi connectivity index (χ1n) is 10.6. The van der Waals surface area contributed by atoms with E-state index in [1.54, 1.807) is 0 Å². The molecule has 1 unspecified atom stereocenters. The Kier molecular flexibility index (Phi) is 6.65. The summed E-state index contributed by atoms with van der Waals surface area (Å²) >= 11 is 0. The molecule has 2 heterocycles. The van der Waals surface area contributed by atoms with Crippen LogP contribution in [0.5, 0.6) is 0 Å². The van der Waals surface area contributed by atoms with E-state index in [1.807, 2.05) is 30.2 Å². The molecule has 3 aromatic rings. The summed E-state index contributed by atoms with van der Waals surface area (Å²) < 4.78 is 1.95. The number of aliphatic imine (C=N–C) groups is 1. The highest BCUT2D eigenvalue weighted by Gasteiger charge is 2.22. The van der Waals surface area contributed by atoms with E-state index in [1.165, 1.54) is 23.2 Å². The van der Waals surface area contributed by atoms with Gasteiger partial charge in [0.05, 0.1) is 6.54 Å². The SMILES string of the molecule is CN=C(NCc1ccccc1Cn1cccn1)NCC1CCN(c2ccccc2)C1. The van der Waals surface area contributed by atoms with Crippen molar-refractivity contribution in [3.05, 3.63) is 84.2 Å². The third-order valence-electron chi connectivity index (χ3n) is 5.65. The lowest BCUT2D eigenvalue weighted by Gasteiger charge is -2.19. The average Bonchev–Trinajstić information content (AvgIpc) is 3.48. The Balaban J connectivity index is 1.27. The fraction of sp³-hybridized carbons (Fsp3) is 0.333. The number of anilines is 1. The fourth-order valence-electron chi connectivity index (χ4n) is 3.97. The molecule has 156 valence electrons. The van der Waals surface area contributed by atoms with Gasteiger partial charge >= 0.3 is 0 Å². The number of guanidine groups is 1. The van der Waals surface area contributed by atoms with E-state index >= 15 is 0 Å². The van der Waals surface area contributed by atoms with Gasteiger partial charge in [0.25, 0.3) is 0 Å². The Bertz CT molecular complexity index is 935. The zero-order valence-corrected chi connectivity index (χ0v) is 17.5. The summed E-state index contributed by atoms with van der Waals surface area (Å²) in [5, 5.41) is 11.3. The van der Waals surface area contributed by atoms with Gasteiger partial charge in [-0.2, -0.15) is 5.10 Å². The predicted octanol–water partition coefficient (Wildman–Crippen LogP) is 3.12. The van der Waals surface area contributed by atoms with E-state index in [-0.39, 0.29) is 0 Å². The molecule has 6 heteroatoms. The summed E-state index contributed by atoms with van der Waals surface area (Å²) in [5.74, 6) is 1.47. The van der Waals surface area contributed by atoms with E-state index in [0.717, 1.165) is 38.7 Å². The third kappa shape index (κ3) is 5.20. The molecule has 1 aromatic heterocycles. The molecule has 2 aromatic carbocycles. The first-order valence-corrected chi connectivity index (χ1v) is 10.6. The maximum atomic E-state index is 4.41. The molecular weight excluding hydrogens is 372 g/mol. The second-order valence-corrected chi connectivity index (χ2v) is 7.72. The van der Waals surface area contributed by atoms with Gasteiger partial charge in [-0.15, -0.1) is 0 Å². The normalized spacial score (nSPS) is 16.6. The number of rotatable bonds is 7. The predicted molar refractivity (Wildman–Crippen MR) is 123 cm³/mol. The van der Waals surface area contributed by atoms with Crippen LogP contribution >= 0.6 is 0 Å². The summed E-state index contributed by atoms with van der Waals surface area (Å²) in [4.78, 5) is 6.88. The van der Waals surface area contributed by atoms with Crippen molar-refractivity contribution in [2.75, 3.05) is 31.6 Å². The fourth-order valence-corrected chi connectivity index (χ4v) is 3.97. The van der Waals surface area contributed by atoms with Crippen LogP contribution < -0.4 is 15.5 Å². The first-order chi connectivity index (χ1) is 14.8. The molecule has 1 fully saturated rings. The Morgan fingerprint density at radius 2 is 1.83 bits per heavy atom.